The number of alkyl halides is 3. The number of halogens is 3. The van der Waals surface area contributed by atoms with Gasteiger partial charge in [-0.2, -0.15) is 18.2 Å². The lowest BCUT2D eigenvalue weighted by atomic mass is 10.1. The zero-order chi connectivity index (χ0) is 12.8. The van der Waals surface area contributed by atoms with Crippen LogP contribution in [-0.2, 0) is 9.63 Å². The van der Waals surface area contributed by atoms with Crippen LogP contribution in [0, 0.1) is 0 Å². The molecular formula is C8H15F3N2O3. The summed E-state index contributed by atoms with van der Waals surface area (Å²) in [5.41, 5.74) is 5.67. The van der Waals surface area contributed by atoms with E-state index in [1.807, 2.05) is 5.06 Å². The lowest BCUT2D eigenvalue weighted by molar-refractivity contribution is -0.192. The zero-order valence-electron chi connectivity index (χ0n) is 8.83. The molecule has 0 saturated carbocycles. The van der Waals surface area contributed by atoms with Crippen molar-refractivity contribution in [2.75, 3.05) is 20.2 Å². The van der Waals surface area contributed by atoms with Gasteiger partial charge in [0.2, 0.25) is 0 Å². The van der Waals surface area contributed by atoms with Gasteiger partial charge in [-0.15, -0.1) is 0 Å². The molecule has 3 N–H and O–H groups in total. The second-order valence-corrected chi connectivity index (χ2v) is 3.25. The topological polar surface area (TPSA) is 75.8 Å². The number of rotatable bonds is 1. The minimum Gasteiger partial charge on any atom is -0.475 e. The molecule has 1 heterocycles. The van der Waals surface area contributed by atoms with Crippen molar-refractivity contribution >= 4 is 5.97 Å². The first kappa shape index (κ1) is 15.1. The van der Waals surface area contributed by atoms with Crippen LogP contribution in [0.15, 0.2) is 0 Å². The molecule has 1 aliphatic heterocycles. The van der Waals surface area contributed by atoms with Crippen molar-refractivity contribution in [1.29, 1.82) is 0 Å². The predicted molar refractivity (Wildman–Crippen MR) is 49.5 cm³/mol. The molecule has 16 heavy (non-hydrogen) atoms. The lowest BCUT2D eigenvalue weighted by Crippen LogP contribution is -2.38. The van der Waals surface area contributed by atoms with Crippen LogP contribution in [0.2, 0.25) is 0 Å². The van der Waals surface area contributed by atoms with Gasteiger partial charge in [-0.3, -0.25) is 0 Å². The van der Waals surface area contributed by atoms with Crippen LogP contribution in [0.25, 0.3) is 0 Å². The molecule has 0 aromatic rings. The van der Waals surface area contributed by atoms with Crippen LogP contribution >= 0.6 is 0 Å². The molecule has 0 spiro atoms. The van der Waals surface area contributed by atoms with Gasteiger partial charge < -0.3 is 15.7 Å². The number of hydrogen-bond donors (Lipinski definition) is 2. The van der Waals surface area contributed by atoms with E-state index >= 15 is 0 Å². The van der Waals surface area contributed by atoms with Gasteiger partial charge in [0.25, 0.3) is 0 Å². The van der Waals surface area contributed by atoms with E-state index in [0.29, 0.717) is 6.04 Å². The molecule has 96 valence electrons. The summed E-state index contributed by atoms with van der Waals surface area (Å²) in [6.07, 6.45) is -2.96. The highest BCUT2D eigenvalue weighted by Crippen LogP contribution is 2.13. The summed E-state index contributed by atoms with van der Waals surface area (Å²) >= 11 is 0. The Morgan fingerprint density at radius 3 is 2.06 bits per heavy atom. The monoisotopic (exact) mass is 244 g/mol. The van der Waals surface area contributed by atoms with Gasteiger partial charge in [0, 0.05) is 19.1 Å². The first-order valence-corrected chi connectivity index (χ1v) is 4.62. The van der Waals surface area contributed by atoms with Crippen molar-refractivity contribution in [2.24, 2.45) is 5.73 Å². The van der Waals surface area contributed by atoms with Gasteiger partial charge in [-0.1, -0.05) is 0 Å². The molecular weight excluding hydrogens is 229 g/mol. The molecule has 1 saturated heterocycles. The highest BCUT2D eigenvalue weighted by Gasteiger charge is 2.38. The molecule has 0 atom stereocenters. The molecule has 0 radical (unpaired) electrons. The Hall–Kier alpha value is -0.860. The summed E-state index contributed by atoms with van der Waals surface area (Å²) in [4.78, 5) is 13.9. The maximum Gasteiger partial charge on any atom is 0.490 e. The smallest absolute Gasteiger partial charge is 0.475 e. The van der Waals surface area contributed by atoms with Gasteiger partial charge in [-0.25, -0.2) is 4.79 Å². The van der Waals surface area contributed by atoms with Gasteiger partial charge in [0.05, 0.1) is 7.11 Å². The second kappa shape index (κ2) is 6.66. The number of aliphatic carboxylic acids is 1. The minimum absolute atomic E-state index is 0.399. The second-order valence-electron chi connectivity index (χ2n) is 3.25. The quantitative estimate of drug-likeness (QED) is 0.706. The van der Waals surface area contributed by atoms with Crippen LogP contribution in [0.1, 0.15) is 12.8 Å². The molecule has 0 amide bonds. The Kier molecular flexibility index (Phi) is 6.31. The first-order valence-electron chi connectivity index (χ1n) is 4.62. The highest BCUT2D eigenvalue weighted by molar-refractivity contribution is 5.73. The lowest BCUT2D eigenvalue weighted by Gasteiger charge is -2.27. The largest absolute Gasteiger partial charge is 0.490 e. The SMILES string of the molecule is CON1CCC(N)CC1.O=C(O)C(F)(F)F. The fourth-order valence-electron chi connectivity index (χ4n) is 1.06. The average Bonchev–Trinajstić information content (AvgIpc) is 2.18. The van der Waals surface area contributed by atoms with Crippen molar-refractivity contribution in [3.63, 3.8) is 0 Å². The third kappa shape index (κ3) is 6.59. The van der Waals surface area contributed by atoms with E-state index in [-0.39, 0.29) is 0 Å². The standard InChI is InChI=1S/C6H14N2O.C2HF3O2/c1-9-8-4-2-6(7)3-5-8;3-2(4,5)1(6)7/h6H,2-5,7H2,1H3;(H,6,7). The molecule has 0 unspecified atom stereocenters. The summed E-state index contributed by atoms with van der Waals surface area (Å²) in [5, 5.41) is 9.07. The Balaban J connectivity index is 0.000000293. The van der Waals surface area contributed by atoms with Crippen molar-refractivity contribution < 1.29 is 27.9 Å². The Morgan fingerprint density at radius 2 is 1.81 bits per heavy atom. The van der Waals surface area contributed by atoms with E-state index in [9.17, 15) is 13.2 Å². The summed E-state index contributed by atoms with van der Waals surface area (Å²) in [6.45, 7) is 1.97. The Morgan fingerprint density at radius 1 is 1.44 bits per heavy atom. The summed E-state index contributed by atoms with van der Waals surface area (Å²) < 4.78 is 31.7. The van der Waals surface area contributed by atoms with E-state index < -0.39 is 12.1 Å². The van der Waals surface area contributed by atoms with Crippen LogP contribution in [0.5, 0.6) is 0 Å². The number of nitrogens with two attached hydrogens (primary N) is 1. The Bertz CT molecular complexity index is 215. The fourth-order valence-corrected chi connectivity index (χ4v) is 1.06. The van der Waals surface area contributed by atoms with E-state index in [1.54, 1.807) is 7.11 Å². The van der Waals surface area contributed by atoms with Crippen LogP contribution < -0.4 is 5.73 Å². The van der Waals surface area contributed by atoms with E-state index in [0.717, 1.165) is 25.9 Å². The number of nitrogens with zero attached hydrogens (tertiary/aromatic N) is 1. The van der Waals surface area contributed by atoms with Gasteiger partial charge in [0.1, 0.15) is 0 Å². The van der Waals surface area contributed by atoms with Crippen LogP contribution in [0.4, 0.5) is 13.2 Å². The molecule has 8 heteroatoms. The molecule has 1 aliphatic rings. The number of hydrogen-bond acceptors (Lipinski definition) is 4. The highest BCUT2D eigenvalue weighted by atomic mass is 19.4. The van der Waals surface area contributed by atoms with Crippen molar-refractivity contribution in [2.45, 2.75) is 25.1 Å². The van der Waals surface area contributed by atoms with Gasteiger partial charge in [-0.05, 0) is 12.8 Å². The van der Waals surface area contributed by atoms with Crippen LogP contribution in [0.3, 0.4) is 0 Å². The molecule has 0 aromatic heterocycles. The number of carboxylic acid groups (broad SMARTS) is 1. The minimum atomic E-state index is -5.08. The molecule has 0 bridgehead atoms. The maximum absolute atomic E-state index is 10.6. The molecule has 1 rings (SSSR count). The van der Waals surface area contributed by atoms with E-state index in [4.69, 9.17) is 20.5 Å². The molecule has 5 nitrogen and oxygen atoms in total. The van der Waals surface area contributed by atoms with E-state index in [1.165, 1.54) is 0 Å². The van der Waals surface area contributed by atoms with Crippen LogP contribution in [-0.4, -0.2) is 48.6 Å². The summed E-state index contributed by atoms with van der Waals surface area (Å²) in [7, 11) is 1.71. The Labute approximate surface area is 90.9 Å². The summed E-state index contributed by atoms with van der Waals surface area (Å²) in [6, 6.07) is 0.399. The number of carboxylic acids is 1. The first-order chi connectivity index (χ1) is 7.27. The summed E-state index contributed by atoms with van der Waals surface area (Å²) in [5.74, 6) is -2.76. The number of carbonyl (C=O) groups is 1. The molecule has 0 aliphatic carbocycles. The maximum atomic E-state index is 10.6. The van der Waals surface area contributed by atoms with Crippen molar-refractivity contribution in [3.05, 3.63) is 0 Å². The number of piperidine rings is 1. The van der Waals surface area contributed by atoms with Gasteiger partial charge >= 0.3 is 12.1 Å². The average molecular weight is 244 g/mol. The van der Waals surface area contributed by atoms with Crippen molar-refractivity contribution in [3.8, 4) is 0 Å². The molecule has 1 fully saturated rings. The third-order valence-corrected chi connectivity index (χ3v) is 2.00. The number of hydroxylamine groups is 2. The zero-order valence-corrected chi connectivity index (χ0v) is 8.83. The third-order valence-electron chi connectivity index (χ3n) is 2.00. The van der Waals surface area contributed by atoms with Crippen molar-refractivity contribution in [1.82, 2.24) is 5.06 Å². The predicted octanol–water partition coefficient (Wildman–Crippen LogP) is 0.604. The normalized spacial score (nSPS) is 18.8. The van der Waals surface area contributed by atoms with Gasteiger partial charge in [0.15, 0.2) is 0 Å². The van der Waals surface area contributed by atoms with E-state index in [2.05, 4.69) is 0 Å². The molecule has 0 aromatic carbocycles. The fraction of sp³-hybridized carbons (Fsp3) is 0.875.